The number of rotatable bonds is 5. The highest BCUT2D eigenvalue weighted by molar-refractivity contribution is 14.1. The summed E-state index contributed by atoms with van der Waals surface area (Å²) in [7, 11) is 1.71. The van der Waals surface area contributed by atoms with E-state index in [2.05, 4.69) is 78.2 Å². The van der Waals surface area contributed by atoms with Gasteiger partial charge in [0.25, 0.3) is 0 Å². The smallest absolute Gasteiger partial charge is 0.121 e. The van der Waals surface area contributed by atoms with Crippen molar-refractivity contribution >= 4 is 22.6 Å². The SMILES string of the molecule is CCNC(c1cccc(I)c1)c1ccc(OC)c(C)c1. The zero-order chi connectivity index (χ0) is 14.5. The summed E-state index contributed by atoms with van der Waals surface area (Å²) in [5, 5.41) is 3.56. The third kappa shape index (κ3) is 3.52. The summed E-state index contributed by atoms with van der Waals surface area (Å²) < 4.78 is 6.60. The molecule has 0 amide bonds. The lowest BCUT2D eigenvalue weighted by molar-refractivity contribution is 0.411. The first-order valence-corrected chi connectivity index (χ1v) is 7.87. The summed E-state index contributed by atoms with van der Waals surface area (Å²) in [4.78, 5) is 0. The normalized spacial score (nSPS) is 12.2. The van der Waals surface area contributed by atoms with Gasteiger partial charge in [0.15, 0.2) is 0 Å². The van der Waals surface area contributed by atoms with Crippen molar-refractivity contribution in [2.75, 3.05) is 13.7 Å². The zero-order valence-electron chi connectivity index (χ0n) is 12.1. The Morgan fingerprint density at radius 2 is 1.90 bits per heavy atom. The molecule has 3 heteroatoms. The standard InChI is InChI=1S/C17H20INO/c1-4-19-17(13-6-5-7-15(18)11-13)14-8-9-16(20-3)12(2)10-14/h5-11,17,19H,4H2,1-3H3. The van der Waals surface area contributed by atoms with E-state index in [-0.39, 0.29) is 6.04 Å². The van der Waals surface area contributed by atoms with E-state index in [1.165, 1.54) is 20.3 Å². The number of nitrogens with one attached hydrogen (secondary N) is 1. The van der Waals surface area contributed by atoms with Crippen LogP contribution < -0.4 is 10.1 Å². The molecule has 1 N–H and O–H groups in total. The van der Waals surface area contributed by atoms with Crippen molar-refractivity contribution in [3.8, 4) is 5.75 Å². The third-order valence-electron chi connectivity index (χ3n) is 3.34. The molecule has 0 fully saturated rings. The van der Waals surface area contributed by atoms with E-state index < -0.39 is 0 Å². The lowest BCUT2D eigenvalue weighted by Gasteiger charge is -2.20. The molecule has 0 saturated carbocycles. The highest BCUT2D eigenvalue weighted by Crippen LogP contribution is 2.27. The summed E-state index contributed by atoms with van der Waals surface area (Å²) in [5.41, 5.74) is 3.73. The summed E-state index contributed by atoms with van der Waals surface area (Å²) in [6.07, 6.45) is 0. The molecule has 0 aliphatic heterocycles. The first-order chi connectivity index (χ1) is 9.65. The molecule has 1 atom stereocenters. The van der Waals surface area contributed by atoms with Gasteiger partial charge in [-0.1, -0.05) is 31.2 Å². The van der Waals surface area contributed by atoms with E-state index >= 15 is 0 Å². The Kier molecular flexibility index (Phi) is 5.43. The van der Waals surface area contributed by atoms with Crippen molar-refractivity contribution in [3.05, 3.63) is 62.7 Å². The first kappa shape index (κ1) is 15.3. The quantitative estimate of drug-likeness (QED) is 0.780. The van der Waals surface area contributed by atoms with Crippen molar-refractivity contribution in [3.63, 3.8) is 0 Å². The molecule has 2 aromatic carbocycles. The van der Waals surface area contributed by atoms with Crippen molar-refractivity contribution in [1.29, 1.82) is 0 Å². The van der Waals surface area contributed by atoms with Gasteiger partial charge in [-0.2, -0.15) is 0 Å². The molecule has 1 unspecified atom stereocenters. The second-order valence-corrected chi connectivity index (χ2v) is 6.02. The van der Waals surface area contributed by atoms with Crippen molar-refractivity contribution in [2.45, 2.75) is 19.9 Å². The Balaban J connectivity index is 2.40. The van der Waals surface area contributed by atoms with E-state index in [1.807, 2.05) is 6.07 Å². The lowest BCUT2D eigenvalue weighted by atomic mass is 9.97. The Morgan fingerprint density at radius 3 is 2.50 bits per heavy atom. The molecule has 106 valence electrons. The van der Waals surface area contributed by atoms with Crippen molar-refractivity contribution < 1.29 is 4.74 Å². The van der Waals surface area contributed by atoms with E-state index in [4.69, 9.17) is 4.74 Å². The zero-order valence-corrected chi connectivity index (χ0v) is 14.3. The number of benzene rings is 2. The second kappa shape index (κ2) is 7.09. The Labute approximate surface area is 134 Å². The average Bonchev–Trinajstić information content (AvgIpc) is 2.44. The molecule has 0 aliphatic carbocycles. The molecule has 20 heavy (non-hydrogen) atoms. The highest BCUT2D eigenvalue weighted by atomic mass is 127. The van der Waals surface area contributed by atoms with Crippen LogP contribution in [0, 0.1) is 10.5 Å². The summed E-state index contributed by atoms with van der Waals surface area (Å²) in [6.45, 7) is 5.15. The van der Waals surface area contributed by atoms with Gasteiger partial charge < -0.3 is 10.1 Å². The fourth-order valence-electron chi connectivity index (χ4n) is 2.40. The van der Waals surface area contributed by atoms with Gasteiger partial charge in [-0.25, -0.2) is 0 Å². The number of hydrogen-bond acceptors (Lipinski definition) is 2. The largest absolute Gasteiger partial charge is 0.496 e. The topological polar surface area (TPSA) is 21.3 Å². The predicted molar refractivity (Wildman–Crippen MR) is 92.4 cm³/mol. The Hall–Kier alpha value is -1.07. The van der Waals surface area contributed by atoms with E-state index in [9.17, 15) is 0 Å². The second-order valence-electron chi connectivity index (χ2n) is 4.77. The maximum atomic E-state index is 5.34. The number of ether oxygens (including phenoxy) is 1. The van der Waals surface area contributed by atoms with Crippen molar-refractivity contribution in [1.82, 2.24) is 5.32 Å². The van der Waals surface area contributed by atoms with Crippen LogP contribution in [-0.2, 0) is 0 Å². The van der Waals surface area contributed by atoms with Crippen LogP contribution in [0.1, 0.15) is 29.7 Å². The van der Waals surface area contributed by atoms with Crippen LogP contribution in [0.2, 0.25) is 0 Å². The average molecular weight is 381 g/mol. The minimum absolute atomic E-state index is 0.222. The van der Waals surface area contributed by atoms with Gasteiger partial charge >= 0.3 is 0 Å². The van der Waals surface area contributed by atoms with Crippen LogP contribution in [0.4, 0.5) is 0 Å². The monoisotopic (exact) mass is 381 g/mol. The van der Waals surface area contributed by atoms with Gasteiger partial charge in [0.05, 0.1) is 13.2 Å². The molecule has 0 spiro atoms. The predicted octanol–water partition coefficient (Wildman–Crippen LogP) is 4.31. The van der Waals surface area contributed by atoms with E-state index in [1.54, 1.807) is 7.11 Å². The van der Waals surface area contributed by atoms with Crippen LogP contribution in [0.3, 0.4) is 0 Å². The number of aryl methyl sites for hydroxylation is 1. The summed E-state index contributed by atoms with van der Waals surface area (Å²) in [5.74, 6) is 0.937. The van der Waals surface area contributed by atoms with Crippen LogP contribution in [0.15, 0.2) is 42.5 Å². The van der Waals surface area contributed by atoms with Crippen LogP contribution in [0.5, 0.6) is 5.75 Å². The lowest BCUT2D eigenvalue weighted by Crippen LogP contribution is -2.22. The number of halogens is 1. The van der Waals surface area contributed by atoms with E-state index in [0.717, 1.165) is 12.3 Å². The van der Waals surface area contributed by atoms with E-state index in [0.29, 0.717) is 0 Å². The van der Waals surface area contributed by atoms with Gasteiger partial charge in [-0.15, -0.1) is 0 Å². The van der Waals surface area contributed by atoms with Gasteiger partial charge in [0.1, 0.15) is 5.75 Å². The fourth-order valence-corrected chi connectivity index (χ4v) is 2.97. The minimum Gasteiger partial charge on any atom is -0.496 e. The maximum absolute atomic E-state index is 5.34. The maximum Gasteiger partial charge on any atom is 0.121 e. The fraction of sp³-hybridized carbons (Fsp3) is 0.294. The summed E-state index contributed by atoms with van der Waals surface area (Å²) >= 11 is 2.36. The third-order valence-corrected chi connectivity index (χ3v) is 4.01. The molecule has 2 aromatic rings. The van der Waals surface area contributed by atoms with Gasteiger partial charge in [0, 0.05) is 3.57 Å². The number of methoxy groups -OCH3 is 1. The molecule has 0 aromatic heterocycles. The molecule has 0 aliphatic rings. The molecule has 0 heterocycles. The first-order valence-electron chi connectivity index (χ1n) is 6.79. The molecule has 0 saturated heterocycles. The summed E-state index contributed by atoms with van der Waals surface area (Å²) in [6, 6.07) is 15.2. The van der Waals surface area contributed by atoms with Crippen molar-refractivity contribution in [2.24, 2.45) is 0 Å². The van der Waals surface area contributed by atoms with Crippen LogP contribution >= 0.6 is 22.6 Å². The highest BCUT2D eigenvalue weighted by Gasteiger charge is 2.14. The van der Waals surface area contributed by atoms with Crippen LogP contribution in [0.25, 0.3) is 0 Å². The molecular formula is C17H20INO. The Bertz CT molecular complexity index is 583. The van der Waals surface area contributed by atoms with Gasteiger partial charge in [0.2, 0.25) is 0 Å². The molecule has 2 rings (SSSR count). The number of hydrogen-bond donors (Lipinski definition) is 1. The molecule has 0 radical (unpaired) electrons. The van der Waals surface area contributed by atoms with Gasteiger partial charge in [-0.3, -0.25) is 0 Å². The Morgan fingerprint density at radius 1 is 1.15 bits per heavy atom. The molecule has 2 nitrogen and oxygen atoms in total. The van der Waals surface area contributed by atoms with Gasteiger partial charge in [-0.05, 0) is 70.9 Å². The molecular weight excluding hydrogens is 361 g/mol. The molecule has 0 bridgehead atoms. The minimum atomic E-state index is 0.222. The van der Waals surface area contributed by atoms with Crippen LogP contribution in [-0.4, -0.2) is 13.7 Å².